The number of nitrogens with one attached hydrogen (secondary N) is 2. The van der Waals surface area contributed by atoms with E-state index in [2.05, 4.69) is 10.0 Å². The van der Waals surface area contributed by atoms with E-state index in [-0.39, 0.29) is 10.5 Å². The molecule has 1 unspecified atom stereocenters. The summed E-state index contributed by atoms with van der Waals surface area (Å²) >= 11 is 0. The van der Waals surface area contributed by atoms with E-state index in [1.807, 2.05) is 12.1 Å². The Morgan fingerprint density at radius 1 is 0.943 bits per heavy atom. The van der Waals surface area contributed by atoms with Crippen LogP contribution in [0.1, 0.15) is 36.7 Å². The van der Waals surface area contributed by atoms with Crippen LogP contribution in [0.25, 0.3) is 0 Å². The number of carbonyl (C=O) groups excluding carboxylic acids is 2. The van der Waals surface area contributed by atoms with Crippen molar-refractivity contribution in [2.75, 3.05) is 10.2 Å². The predicted molar refractivity (Wildman–Crippen MR) is 132 cm³/mol. The second kappa shape index (κ2) is 9.24. The van der Waals surface area contributed by atoms with Crippen LogP contribution in [0.3, 0.4) is 0 Å². The van der Waals surface area contributed by atoms with E-state index in [0.717, 1.165) is 5.56 Å². The smallest absolute Gasteiger partial charge is 0.259 e. The van der Waals surface area contributed by atoms with Gasteiger partial charge in [0.05, 0.1) is 4.90 Å². The maximum atomic E-state index is 13.4. The van der Waals surface area contributed by atoms with Crippen molar-refractivity contribution in [1.82, 2.24) is 4.72 Å². The van der Waals surface area contributed by atoms with Crippen LogP contribution in [-0.2, 0) is 21.2 Å². The third-order valence-corrected chi connectivity index (χ3v) is 7.24. The molecule has 0 aromatic heterocycles. The minimum Gasteiger partial charge on any atom is -0.324 e. The second-order valence-corrected chi connectivity index (χ2v) is 11.1. The monoisotopic (exact) mass is 495 g/mol. The Labute approximate surface area is 204 Å². The Morgan fingerprint density at radius 3 is 2.20 bits per heavy atom. The number of carbonyl (C=O) groups is 2. The largest absolute Gasteiger partial charge is 0.324 e. The lowest BCUT2D eigenvalue weighted by Crippen LogP contribution is -2.45. The first kappa shape index (κ1) is 24.6. The summed E-state index contributed by atoms with van der Waals surface area (Å²) in [6.45, 7) is 5.24. The molecule has 0 saturated heterocycles. The van der Waals surface area contributed by atoms with E-state index in [4.69, 9.17) is 0 Å². The molecule has 0 aliphatic carbocycles. The van der Waals surface area contributed by atoms with Gasteiger partial charge in [-0.25, -0.2) is 17.5 Å². The Bertz CT molecular complexity index is 1360. The molecule has 1 atom stereocenters. The fourth-order valence-electron chi connectivity index (χ4n) is 3.98. The van der Waals surface area contributed by atoms with Crippen molar-refractivity contribution in [1.29, 1.82) is 0 Å². The Balaban J connectivity index is 1.56. The molecule has 0 spiro atoms. The number of nitrogens with zero attached hydrogens (tertiary/aromatic N) is 1. The van der Waals surface area contributed by atoms with Gasteiger partial charge < -0.3 is 5.32 Å². The van der Waals surface area contributed by atoms with Crippen LogP contribution in [-0.4, -0.2) is 31.8 Å². The average Bonchev–Trinajstić information content (AvgIpc) is 3.18. The van der Waals surface area contributed by atoms with Crippen molar-refractivity contribution in [3.05, 3.63) is 89.7 Å². The van der Waals surface area contributed by atoms with Crippen LogP contribution in [0.5, 0.6) is 0 Å². The summed E-state index contributed by atoms with van der Waals surface area (Å²) in [5, 5.41) is 2.78. The van der Waals surface area contributed by atoms with Gasteiger partial charge in [-0.1, -0.05) is 18.2 Å². The van der Waals surface area contributed by atoms with E-state index >= 15 is 0 Å². The molecule has 1 aliphatic rings. The maximum Gasteiger partial charge on any atom is 0.259 e. The molecule has 3 aromatic rings. The van der Waals surface area contributed by atoms with E-state index in [1.165, 1.54) is 53.4 Å². The molecule has 2 N–H and O–H groups in total. The second-order valence-electron chi connectivity index (χ2n) is 9.40. The fourth-order valence-corrected chi connectivity index (χ4v) is 5.40. The molecule has 7 nitrogen and oxygen atoms in total. The summed E-state index contributed by atoms with van der Waals surface area (Å²) < 4.78 is 41.0. The van der Waals surface area contributed by atoms with Gasteiger partial charge in [0, 0.05) is 28.9 Å². The summed E-state index contributed by atoms with van der Waals surface area (Å²) in [4.78, 5) is 28.1. The molecular weight excluding hydrogens is 469 g/mol. The number of rotatable bonds is 5. The minimum atomic E-state index is -3.71. The molecule has 9 heteroatoms. The zero-order valence-electron chi connectivity index (χ0n) is 19.6. The quantitative estimate of drug-likeness (QED) is 0.557. The summed E-state index contributed by atoms with van der Waals surface area (Å²) in [5.74, 6) is -1.29. The number of hydrogen-bond acceptors (Lipinski definition) is 4. The number of amides is 2. The lowest BCUT2D eigenvalue weighted by Gasteiger charge is -2.25. The molecule has 0 bridgehead atoms. The minimum absolute atomic E-state index is 0.0757. The van der Waals surface area contributed by atoms with Crippen LogP contribution < -0.4 is 14.9 Å². The third-order valence-electron chi connectivity index (χ3n) is 5.46. The zero-order chi connectivity index (χ0) is 25.4. The summed E-state index contributed by atoms with van der Waals surface area (Å²) in [5.41, 5.74) is 1.50. The van der Waals surface area contributed by atoms with Crippen molar-refractivity contribution in [3.8, 4) is 0 Å². The molecule has 2 amide bonds. The van der Waals surface area contributed by atoms with Gasteiger partial charge in [0.2, 0.25) is 15.9 Å². The number of anilines is 2. The number of halogens is 1. The highest BCUT2D eigenvalue weighted by molar-refractivity contribution is 7.89. The van der Waals surface area contributed by atoms with Gasteiger partial charge >= 0.3 is 0 Å². The number of hydrogen-bond donors (Lipinski definition) is 2. The van der Waals surface area contributed by atoms with Gasteiger partial charge in [-0.15, -0.1) is 0 Å². The summed E-state index contributed by atoms with van der Waals surface area (Å²) in [7, 11) is -3.71. The fraction of sp³-hybridized carbons (Fsp3) is 0.231. The van der Waals surface area contributed by atoms with Crippen molar-refractivity contribution < 1.29 is 22.4 Å². The zero-order valence-corrected chi connectivity index (χ0v) is 20.4. The molecule has 3 aromatic carbocycles. The highest BCUT2D eigenvalue weighted by Gasteiger charge is 2.38. The van der Waals surface area contributed by atoms with Crippen molar-refractivity contribution >= 4 is 33.2 Å². The summed E-state index contributed by atoms with van der Waals surface area (Å²) in [6.07, 6.45) is 0.316. The molecule has 1 heterocycles. The van der Waals surface area contributed by atoms with Crippen LogP contribution in [0.2, 0.25) is 0 Å². The van der Waals surface area contributed by atoms with Crippen molar-refractivity contribution in [2.45, 2.75) is 43.7 Å². The highest BCUT2D eigenvalue weighted by atomic mass is 32.2. The van der Waals surface area contributed by atoms with Gasteiger partial charge in [0.1, 0.15) is 11.9 Å². The molecule has 4 rings (SSSR count). The van der Waals surface area contributed by atoms with Crippen LogP contribution in [0.4, 0.5) is 15.8 Å². The standard InChI is InChI=1S/C26H26FN3O4S/c1-26(2,3)29-35(33,34)21-14-12-20(13-15-21)28-24(31)23-16-18-6-4-5-7-22(18)30(23)25(32)17-8-10-19(27)11-9-17/h4-15,23,29H,16H2,1-3H3,(H,28,31). The Morgan fingerprint density at radius 2 is 1.57 bits per heavy atom. The molecule has 0 fully saturated rings. The molecule has 0 saturated carbocycles. The number of para-hydroxylation sites is 1. The first-order valence-electron chi connectivity index (χ1n) is 11.1. The first-order valence-corrected chi connectivity index (χ1v) is 12.5. The highest BCUT2D eigenvalue weighted by Crippen LogP contribution is 2.34. The Hall–Kier alpha value is -3.56. The van der Waals surface area contributed by atoms with Gasteiger partial charge in [-0.2, -0.15) is 0 Å². The predicted octanol–water partition coefficient (Wildman–Crippen LogP) is 4.11. The van der Waals surface area contributed by atoms with Gasteiger partial charge in [-0.3, -0.25) is 14.5 Å². The summed E-state index contributed by atoms with van der Waals surface area (Å²) in [6, 6.07) is 17.4. The lowest BCUT2D eigenvalue weighted by molar-refractivity contribution is -0.117. The maximum absolute atomic E-state index is 13.4. The van der Waals surface area contributed by atoms with E-state index in [9.17, 15) is 22.4 Å². The number of sulfonamides is 1. The SMILES string of the molecule is CC(C)(C)NS(=O)(=O)c1ccc(NC(=O)C2Cc3ccccc3N2C(=O)c2ccc(F)cc2)cc1. The normalized spacial score (nSPS) is 15.5. The molecule has 182 valence electrons. The average molecular weight is 496 g/mol. The first-order chi connectivity index (χ1) is 16.4. The number of fused-ring (bicyclic) bond motifs is 1. The molecule has 0 radical (unpaired) electrons. The van der Waals surface area contributed by atoms with Crippen LogP contribution in [0, 0.1) is 5.82 Å². The van der Waals surface area contributed by atoms with Gasteiger partial charge in [0.15, 0.2) is 0 Å². The third kappa shape index (κ3) is 5.41. The Kier molecular flexibility index (Phi) is 6.48. The number of benzene rings is 3. The van der Waals surface area contributed by atoms with Crippen LogP contribution in [0.15, 0.2) is 77.7 Å². The topological polar surface area (TPSA) is 95.6 Å². The van der Waals surface area contributed by atoms with E-state index in [1.54, 1.807) is 32.9 Å². The van der Waals surface area contributed by atoms with Gasteiger partial charge in [0.25, 0.3) is 5.91 Å². The van der Waals surface area contributed by atoms with E-state index < -0.39 is 39.2 Å². The van der Waals surface area contributed by atoms with Crippen LogP contribution >= 0.6 is 0 Å². The van der Waals surface area contributed by atoms with Crippen molar-refractivity contribution in [3.63, 3.8) is 0 Å². The molecule has 1 aliphatic heterocycles. The molecule has 35 heavy (non-hydrogen) atoms. The van der Waals surface area contributed by atoms with E-state index in [0.29, 0.717) is 17.8 Å². The van der Waals surface area contributed by atoms with Gasteiger partial charge in [-0.05, 0) is 80.9 Å². The molecular formula is C26H26FN3O4S. The lowest BCUT2D eigenvalue weighted by atomic mass is 10.1. The van der Waals surface area contributed by atoms with Crippen molar-refractivity contribution in [2.24, 2.45) is 0 Å².